The SMILES string of the molecule is O=C(Nc1cccc(-n2cnnn2)c1)c1ccccc1-c1cncnc1. The molecule has 0 spiro atoms. The van der Waals surface area contributed by atoms with Gasteiger partial charge in [-0.1, -0.05) is 24.3 Å². The Morgan fingerprint density at radius 1 is 1.00 bits per heavy atom. The molecule has 0 aliphatic rings. The summed E-state index contributed by atoms with van der Waals surface area (Å²) in [5.74, 6) is -0.224. The minimum atomic E-state index is -0.224. The molecule has 2 aromatic carbocycles. The van der Waals surface area contributed by atoms with Crippen molar-refractivity contribution in [2.75, 3.05) is 5.32 Å². The highest BCUT2D eigenvalue weighted by atomic mass is 16.1. The van der Waals surface area contributed by atoms with Gasteiger partial charge in [0, 0.05) is 29.2 Å². The zero-order valence-electron chi connectivity index (χ0n) is 13.5. The van der Waals surface area contributed by atoms with Crippen molar-refractivity contribution in [2.45, 2.75) is 0 Å². The highest BCUT2D eigenvalue weighted by Crippen LogP contribution is 2.23. The number of carbonyl (C=O) groups excluding carboxylic acids is 1. The summed E-state index contributed by atoms with van der Waals surface area (Å²) in [6.07, 6.45) is 6.30. The maximum absolute atomic E-state index is 12.8. The molecular formula is C18H13N7O. The van der Waals surface area contributed by atoms with Gasteiger partial charge in [0.05, 0.1) is 5.69 Å². The number of hydrogen-bond acceptors (Lipinski definition) is 6. The van der Waals surface area contributed by atoms with Gasteiger partial charge in [-0.25, -0.2) is 14.6 Å². The molecule has 2 aromatic heterocycles. The van der Waals surface area contributed by atoms with Gasteiger partial charge in [0.25, 0.3) is 5.91 Å². The van der Waals surface area contributed by atoms with E-state index in [1.165, 1.54) is 17.3 Å². The van der Waals surface area contributed by atoms with Crippen LogP contribution in [0.1, 0.15) is 10.4 Å². The highest BCUT2D eigenvalue weighted by Gasteiger charge is 2.13. The minimum Gasteiger partial charge on any atom is -0.322 e. The number of rotatable bonds is 4. The van der Waals surface area contributed by atoms with E-state index >= 15 is 0 Å². The molecule has 26 heavy (non-hydrogen) atoms. The number of amides is 1. The van der Waals surface area contributed by atoms with Crippen LogP contribution in [0.2, 0.25) is 0 Å². The van der Waals surface area contributed by atoms with E-state index in [1.54, 1.807) is 30.6 Å². The van der Waals surface area contributed by atoms with Gasteiger partial charge >= 0.3 is 0 Å². The third-order valence-electron chi connectivity index (χ3n) is 3.76. The minimum absolute atomic E-state index is 0.224. The van der Waals surface area contributed by atoms with E-state index in [0.717, 1.165) is 16.8 Å². The topological polar surface area (TPSA) is 98.5 Å². The van der Waals surface area contributed by atoms with Crippen LogP contribution in [-0.4, -0.2) is 36.1 Å². The lowest BCUT2D eigenvalue weighted by atomic mass is 10.0. The van der Waals surface area contributed by atoms with Gasteiger partial charge in [0.2, 0.25) is 0 Å². The Labute approximate surface area is 148 Å². The van der Waals surface area contributed by atoms with Crippen molar-refractivity contribution in [3.63, 3.8) is 0 Å². The van der Waals surface area contributed by atoms with E-state index in [9.17, 15) is 4.79 Å². The van der Waals surface area contributed by atoms with Gasteiger partial charge in [-0.3, -0.25) is 4.79 Å². The van der Waals surface area contributed by atoms with E-state index in [0.29, 0.717) is 11.3 Å². The summed E-state index contributed by atoms with van der Waals surface area (Å²) in [6, 6.07) is 14.6. The summed E-state index contributed by atoms with van der Waals surface area (Å²) in [6.45, 7) is 0. The molecule has 0 aliphatic carbocycles. The molecule has 8 nitrogen and oxygen atoms in total. The zero-order chi connectivity index (χ0) is 17.8. The second kappa shape index (κ2) is 6.89. The summed E-state index contributed by atoms with van der Waals surface area (Å²) >= 11 is 0. The van der Waals surface area contributed by atoms with E-state index in [2.05, 4.69) is 30.8 Å². The number of hydrogen-bond donors (Lipinski definition) is 1. The van der Waals surface area contributed by atoms with Crippen LogP contribution in [0.3, 0.4) is 0 Å². The molecule has 0 unspecified atom stereocenters. The van der Waals surface area contributed by atoms with Crippen molar-refractivity contribution < 1.29 is 4.79 Å². The van der Waals surface area contributed by atoms with Gasteiger partial charge in [-0.15, -0.1) is 5.10 Å². The number of tetrazole rings is 1. The molecule has 4 aromatic rings. The summed E-state index contributed by atoms with van der Waals surface area (Å²) in [4.78, 5) is 20.8. The number of nitrogens with one attached hydrogen (secondary N) is 1. The highest BCUT2D eigenvalue weighted by molar-refractivity contribution is 6.08. The Morgan fingerprint density at radius 3 is 2.65 bits per heavy atom. The van der Waals surface area contributed by atoms with Crippen LogP contribution in [0.15, 0.2) is 73.6 Å². The fourth-order valence-electron chi connectivity index (χ4n) is 2.58. The second-order valence-electron chi connectivity index (χ2n) is 5.43. The number of carbonyl (C=O) groups is 1. The Hall–Kier alpha value is -3.94. The van der Waals surface area contributed by atoms with Crippen molar-refractivity contribution in [2.24, 2.45) is 0 Å². The average Bonchev–Trinajstić information content (AvgIpc) is 3.24. The van der Waals surface area contributed by atoms with Crippen LogP contribution in [0.25, 0.3) is 16.8 Å². The molecule has 0 bridgehead atoms. The molecule has 4 rings (SSSR count). The lowest BCUT2D eigenvalue weighted by Crippen LogP contribution is -2.13. The Bertz CT molecular complexity index is 1030. The molecule has 0 fully saturated rings. The molecular weight excluding hydrogens is 330 g/mol. The van der Waals surface area contributed by atoms with Crippen LogP contribution >= 0.6 is 0 Å². The van der Waals surface area contributed by atoms with Gasteiger partial charge in [0.15, 0.2) is 0 Å². The van der Waals surface area contributed by atoms with Crippen LogP contribution < -0.4 is 5.32 Å². The molecule has 0 atom stereocenters. The quantitative estimate of drug-likeness (QED) is 0.611. The van der Waals surface area contributed by atoms with Crippen molar-refractivity contribution >= 4 is 11.6 Å². The molecule has 0 saturated carbocycles. The Kier molecular flexibility index (Phi) is 4.13. The number of benzene rings is 2. The third kappa shape index (κ3) is 3.16. The summed E-state index contributed by atoms with van der Waals surface area (Å²) in [5.41, 5.74) is 3.47. The molecule has 0 saturated heterocycles. The van der Waals surface area contributed by atoms with Gasteiger partial charge in [-0.05, 0) is 40.3 Å². The van der Waals surface area contributed by atoms with Crippen LogP contribution in [0.5, 0.6) is 0 Å². The molecule has 1 N–H and O–H groups in total. The third-order valence-corrected chi connectivity index (χ3v) is 3.76. The zero-order valence-corrected chi connectivity index (χ0v) is 13.5. The van der Waals surface area contributed by atoms with E-state index < -0.39 is 0 Å². The molecule has 0 radical (unpaired) electrons. The van der Waals surface area contributed by atoms with Crippen LogP contribution in [0, 0.1) is 0 Å². The second-order valence-corrected chi connectivity index (χ2v) is 5.43. The maximum Gasteiger partial charge on any atom is 0.256 e. The summed E-state index contributed by atoms with van der Waals surface area (Å²) in [5, 5.41) is 14.0. The van der Waals surface area contributed by atoms with Crippen LogP contribution in [-0.2, 0) is 0 Å². The maximum atomic E-state index is 12.8. The van der Waals surface area contributed by atoms with Crippen molar-refractivity contribution in [3.8, 4) is 16.8 Å². The molecule has 8 heteroatoms. The van der Waals surface area contributed by atoms with Gasteiger partial charge < -0.3 is 5.32 Å². The number of nitrogens with zero attached hydrogens (tertiary/aromatic N) is 6. The first-order valence-electron chi connectivity index (χ1n) is 7.80. The Morgan fingerprint density at radius 2 is 1.85 bits per heavy atom. The standard InChI is InChI=1S/C18H13N7O/c26-18(17-7-2-1-6-16(17)13-9-19-11-20-10-13)22-14-4-3-5-15(8-14)25-12-21-23-24-25/h1-12H,(H,22,26). The lowest BCUT2D eigenvalue weighted by Gasteiger charge is -2.10. The van der Waals surface area contributed by atoms with E-state index in [-0.39, 0.29) is 5.91 Å². The fraction of sp³-hybridized carbons (Fsp3) is 0. The van der Waals surface area contributed by atoms with Gasteiger partial charge in [0.1, 0.15) is 12.7 Å². The molecule has 0 aliphatic heterocycles. The Balaban J connectivity index is 1.63. The van der Waals surface area contributed by atoms with Gasteiger partial charge in [-0.2, -0.15) is 0 Å². The molecule has 126 valence electrons. The van der Waals surface area contributed by atoms with Crippen LogP contribution in [0.4, 0.5) is 5.69 Å². The largest absolute Gasteiger partial charge is 0.322 e. The van der Waals surface area contributed by atoms with Crippen molar-refractivity contribution in [1.29, 1.82) is 0 Å². The molecule has 2 heterocycles. The predicted molar refractivity (Wildman–Crippen MR) is 94.6 cm³/mol. The molecule has 1 amide bonds. The number of aromatic nitrogens is 6. The first-order chi connectivity index (χ1) is 12.8. The smallest absolute Gasteiger partial charge is 0.256 e. The first kappa shape index (κ1) is 15.6. The van der Waals surface area contributed by atoms with Crippen molar-refractivity contribution in [3.05, 3.63) is 79.1 Å². The first-order valence-corrected chi connectivity index (χ1v) is 7.80. The summed E-state index contributed by atoms with van der Waals surface area (Å²) < 4.78 is 1.52. The number of anilines is 1. The lowest BCUT2D eigenvalue weighted by molar-refractivity contribution is 0.102. The van der Waals surface area contributed by atoms with E-state index in [4.69, 9.17) is 0 Å². The van der Waals surface area contributed by atoms with E-state index in [1.807, 2.05) is 30.3 Å². The monoisotopic (exact) mass is 343 g/mol. The fourth-order valence-corrected chi connectivity index (χ4v) is 2.58. The predicted octanol–water partition coefficient (Wildman–Crippen LogP) is 2.37. The average molecular weight is 343 g/mol. The van der Waals surface area contributed by atoms with Crippen molar-refractivity contribution in [1.82, 2.24) is 30.2 Å². The summed E-state index contributed by atoms with van der Waals surface area (Å²) in [7, 11) is 0. The normalized spacial score (nSPS) is 10.5.